The van der Waals surface area contributed by atoms with Crippen molar-refractivity contribution in [1.29, 1.82) is 0 Å². The summed E-state index contributed by atoms with van der Waals surface area (Å²) < 4.78 is 10.4. The molecule has 2 bridgehead atoms. The number of anilines is 2. The van der Waals surface area contributed by atoms with E-state index in [1.165, 1.54) is 0 Å². The number of carbonyl (C=O) groups excluding carboxylic acids is 1. The van der Waals surface area contributed by atoms with Crippen LogP contribution in [0.4, 0.5) is 11.4 Å². The molecule has 1 aliphatic heterocycles. The molecule has 1 saturated heterocycles. The van der Waals surface area contributed by atoms with Gasteiger partial charge in [0.1, 0.15) is 0 Å². The Hall–Kier alpha value is -2.94. The Balaban J connectivity index is 1.45. The Morgan fingerprint density at radius 3 is 2.42 bits per heavy atom. The standard InChI is InChI=1S/C22H26N4O5/c1-11(2)16-12-3-4-13(16)18(22(28)29)17(12)21(27)23-14-5-6-15(20-19(14)24-31-25-20)26-7-9-30-10-8-26/h5-6,12-13,17-18H,3-4,7-10H2,1-2H3,(H,23,27)(H,28,29)/t12-,13+,17+,18-/m0/s1. The lowest BCUT2D eigenvalue weighted by molar-refractivity contribution is -0.148. The van der Waals surface area contributed by atoms with Crippen molar-refractivity contribution in [3.63, 3.8) is 0 Å². The van der Waals surface area contributed by atoms with Crippen LogP contribution in [0.3, 0.4) is 0 Å². The van der Waals surface area contributed by atoms with Gasteiger partial charge in [-0.15, -0.1) is 0 Å². The summed E-state index contributed by atoms with van der Waals surface area (Å²) in [6, 6.07) is 3.69. The summed E-state index contributed by atoms with van der Waals surface area (Å²) in [6.45, 7) is 6.77. The van der Waals surface area contributed by atoms with E-state index in [9.17, 15) is 14.7 Å². The molecule has 1 aromatic heterocycles. The van der Waals surface area contributed by atoms with Gasteiger partial charge in [-0.05, 0) is 61.0 Å². The van der Waals surface area contributed by atoms with Crippen LogP contribution in [0.5, 0.6) is 0 Å². The molecule has 9 nitrogen and oxygen atoms in total. The van der Waals surface area contributed by atoms with Crippen molar-refractivity contribution >= 4 is 34.3 Å². The van der Waals surface area contributed by atoms with Gasteiger partial charge < -0.3 is 20.1 Å². The van der Waals surface area contributed by atoms with E-state index < -0.39 is 17.8 Å². The highest BCUT2D eigenvalue weighted by Crippen LogP contribution is 2.57. The Labute approximate surface area is 179 Å². The quantitative estimate of drug-likeness (QED) is 0.717. The predicted octanol–water partition coefficient (Wildman–Crippen LogP) is 2.69. The zero-order chi connectivity index (χ0) is 21.7. The maximum Gasteiger partial charge on any atom is 0.307 e. The van der Waals surface area contributed by atoms with Gasteiger partial charge >= 0.3 is 5.97 Å². The lowest BCUT2D eigenvalue weighted by Gasteiger charge is -2.29. The number of hydrogen-bond acceptors (Lipinski definition) is 7. The molecule has 2 aliphatic carbocycles. The van der Waals surface area contributed by atoms with E-state index in [4.69, 9.17) is 9.37 Å². The molecule has 1 aromatic carbocycles. The van der Waals surface area contributed by atoms with Gasteiger partial charge in [0.05, 0.1) is 36.4 Å². The first-order valence-corrected chi connectivity index (χ1v) is 10.8. The van der Waals surface area contributed by atoms with E-state index in [-0.39, 0.29) is 17.7 Å². The first-order chi connectivity index (χ1) is 15.0. The molecule has 1 amide bonds. The predicted molar refractivity (Wildman–Crippen MR) is 113 cm³/mol. The minimum Gasteiger partial charge on any atom is -0.481 e. The normalized spacial score (nSPS) is 27.7. The number of nitrogens with zero attached hydrogens (tertiary/aromatic N) is 3. The summed E-state index contributed by atoms with van der Waals surface area (Å²) in [4.78, 5) is 27.6. The highest BCUT2D eigenvalue weighted by atomic mass is 16.6. The number of aromatic nitrogens is 2. The highest BCUT2D eigenvalue weighted by molar-refractivity contribution is 6.04. The van der Waals surface area contributed by atoms with Crippen molar-refractivity contribution in [2.45, 2.75) is 26.7 Å². The fraction of sp³-hybridized carbons (Fsp3) is 0.545. The molecule has 2 saturated carbocycles. The second-order valence-electron chi connectivity index (χ2n) is 8.82. The minimum absolute atomic E-state index is 0.0188. The molecule has 31 heavy (non-hydrogen) atoms. The number of rotatable bonds is 4. The van der Waals surface area contributed by atoms with Crippen molar-refractivity contribution in [1.82, 2.24) is 10.3 Å². The number of hydrogen-bond donors (Lipinski definition) is 2. The molecule has 2 heterocycles. The number of allylic oxidation sites excluding steroid dienone is 2. The van der Waals surface area contributed by atoms with Crippen molar-refractivity contribution < 1.29 is 24.1 Å². The van der Waals surface area contributed by atoms with Crippen molar-refractivity contribution in [2.24, 2.45) is 23.7 Å². The number of nitrogens with one attached hydrogen (secondary N) is 1. The number of fused-ring (bicyclic) bond motifs is 3. The summed E-state index contributed by atoms with van der Waals surface area (Å²) in [7, 11) is 0. The number of benzene rings is 1. The van der Waals surface area contributed by atoms with Crippen LogP contribution in [-0.2, 0) is 14.3 Å². The van der Waals surface area contributed by atoms with Gasteiger partial charge in [0.15, 0.2) is 11.0 Å². The molecule has 9 heteroatoms. The molecule has 3 aliphatic rings. The summed E-state index contributed by atoms with van der Waals surface area (Å²) in [5, 5.41) is 20.9. The van der Waals surface area contributed by atoms with Crippen molar-refractivity contribution in [2.75, 3.05) is 36.5 Å². The van der Waals surface area contributed by atoms with Crippen LogP contribution >= 0.6 is 0 Å². The largest absolute Gasteiger partial charge is 0.481 e. The molecule has 0 radical (unpaired) electrons. The topological polar surface area (TPSA) is 118 Å². The molecule has 5 rings (SSSR count). The number of carboxylic acids is 1. The Morgan fingerprint density at radius 2 is 1.74 bits per heavy atom. The number of morpholine rings is 1. The second kappa shape index (κ2) is 7.64. The van der Waals surface area contributed by atoms with Crippen LogP contribution < -0.4 is 10.2 Å². The molecule has 2 aromatic rings. The maximum atomic E-state index is 13.3. The van der Waals surface area contributed by atoms with Crippen LogP contribution in [0.15, 0.2) is 27.9 Å². The van der Waals surface area contributed by atoms with Crippen LogP contribution in [0.1, 0.15) is 26.7 Å². The van der Waals surface area contributed by atoms with E-state index in [1.54, 1.807) is 6.07 Å². The Morgan fingerprint density at radius 1 is 1.06 bits per heavy atom. The average molecular weight is 426 g/mol. The van der Waals surface area contributed by atoms with E-state index >= 15 is 0 Å². The van der Waals surface area contributed by atoms with E-state index in [0.29, 0.717) is 29.9 Å². The van der Waals surface area contributed by atoms with E-state index in [1.807, 2.05) is 19.9 Å². The third-order valence-corrected chi connectivity index (χ3v) is 7.01. The number of ether oxygens (including phenoxy) is 1. The van der Waals surface area contributed by atoms with Crippen molar-refractivity contribution in [3.05, 3.63) is 23.3 Å². The lowest BCUT2D eigenvalue weighted by Crippen LogP contribution is -2.38. The molecule has 0 spiro atoms. The summed E-state index contributed by atoms with van der Waals surface area (Å²) in [6.07, 6.45) is 1.68. The molecule has 0 unspecified atom stereocenters. The highest BCUT2D eigenvalue weighted by Gasteiger charge is 2.57. The number of carbonyl (C=O) groups is 2. The van der Waals surface area contributed by atoms with E-state index in [0.717, 1.165) is 42.8 Å². The zero-order valence-electron chi connectivity index (χ0n) is 17.6. The smallest absolute Gasteiger partial charge is 0.307 e. The molecule has 164 valence electrons. The Bertz CT molecular complexity index is 1070. The fourth-order valence-electron chi connectivity index (χ4n) is 5.83. The first-order valence-electron chi connectivity index (χ1n) is 10.8. The van der Waals surface area contributed by atoms with Crippen LogP contribution in [0, 0.1) is 23.7 Å². The number of amides is 1. The van der Waals surface area contributed by atoms with Crippen LogP contribution in [0.25, 0.3) is 11.0 Å². The van der Waals surface area contributed by atoms with E-state index in [2.05, 4.69) is 20.5 Å². The summed E-state index contributed by atoms with van der Waals surface area (Å²) >= 11 is 0. The SMILES string of the molecule is CC(C)=C1[C@H]2CC[C@@H]1[C@@H](C(=O)Nc1ccc(N3CCOCC3)c3nonc13)[C@H]2C(=O)O. The van der Waals surface area contributed by atoms with Gasteiger partial charge in [-0.25, -0.2) is 4.63 Å². The van der Waals surface area contributed by atoms with Gasteiger partial charge in [0.2, 0.25) is 5.91 Å². The van der Waals surface area contributed by atoms with Crippen LogP contribution in [-0.4, -0.2) is 53.6 Å². The Kier molecular flexibility index (Phi) is 4.92. The fourth-order valence-corrected chi connectivity index (χ4v) is 5.83. The van der Waals surface area contributed by atoms with Gasteiger partial charge in [-0.1, -0.05) is 11.1 Å². The van der Waals surface area contributed by atoms with Gasteiger partial charge in [0, 0.05) is 13.1 Å². The molecular formula is C22H26N4O5. The summed E-state index contributed by atoms with van der Waals surface area (Å²) in [5.74, 6) is -2.53. The van der Waals surface area contributed by atoms with Gasteiger partial charge in [-0.3, -0.25) is 9.59 Å². The lowest BCUT2D eigenvalue weighted by atomic mass is 9.78. The number of aliphatic carboxylic acids is 1. The van der Waals surface area contributed by atoms with Crippen molar-refractivity contribution in [3.8, 4) is 0 Å². The minimum atomic E-state index is -0.901. The molecular weight excluding hydrogens is 400 g/mol. The monoisotopic (exact) mass is 426 g/mol. The van der Waals surface area contributed by atoms with Gasteiger partial charge in [0.25, 0.3) is 0 Å². The third-order valence-electron chi connectivity index (χ3n) is 7.01. The van der Waals surface area contributed by atoms with Crippen LogP contribution in [0.2, 0.25) is 0 Å². The maximum absolute atomic E-state index is 13.3. The number of carboxylic acid groups (broad SMARTS) is 1. The zero-order valence-corrected chi connectivity index (χ0v) is 17.6. The molecule has 3 fully saturated rings. The van der Waals surface area contributed by atoms with Gasteiger partial charge in [-0.2, -0.15) is 0 Å². The average Bonchev–Trinajstić information content (AvgIpc) is 3.47. The molecule has 4 atom stereocenters. The third kappa shape index (κ3) is 3.18. The first kappa shape index (κ1) is 20.0. The molecule has 2 N–H and O–H groups in total. The summed E-state index contributed by atoms with van der Waals surface area (Å²) in [5.41, 5.74) is 4.70. The second-order valence-corrected chi connectivity index (χ2v) is 8.82.